The van der Waals surface area contributed by atoms with Crippen molar-refractivity contribution in [2.24, 2.45) is 0 Å². The van der Waals surface area contributed by atoms with Gasteiger partial charge in [0.05, 0.1) is 24.2 Å². The number of rotatable bonds is 10. The number of nitrogens with one attached hydrogen (secondary N) is 2. The van der Waals surface area contributed by atoms with Crippen LogP contribution in [-0.4, -0.2) is 66.8 Å². The van der Waals surface area contributed by atoms with E-state index in [1.807, 2.05) is 43.3 Å². The highest BCUT2D eigenvalue weighted by Gasteiger charge is 2.25. The van der Waals surface area contributed by atoms with Crippen LogP contribution in [-0.2, 0) is 4.74 Å². The molecule has 11 nitrogen and oxygen atoms in total. The maximum absolute atomic E-state index is 11.5. The molecule has 0 spiro atoms. The molecule has 1 saturated heterocycles. The quantitative estimate of drug-likeness (QED) is 0.379. The Balaban J connectivity index is 1.80. The zero-order valence-corrected chi connectivity index (χ0v) is 18.0. The summed E-state index contributed by atoms with van der Waals surface area (Å²) in [5, 5.41) is 17.7. The van der Waals surface area contributed by atoms with Gasteiger partial charge < -0.3 is 30.7 Å². The number of nitrogens with zero attached hydrogens (tertiary/aromatic N) is 4. The first kappa shape index (κ1) is 22.5. The first-order chi connectivity index (χ1) is 14.9. The third kappa shape index (κ3) is 5.50. The number of hydrogen-bond donors (Lipinski definition) is 3. The molecule has 2 unspecified atom stereocenters. The van der Waals surface area contributed by atoms with Gasteiger partial charge in [-0.25, -0.2) is 0 Å². The number of nitro groups is 1. The van der Waals surface area contributed by atoms with E-state index in [1.54, 1.807) is 7.11 Å². The predicted molar refractivity (Wildman–Crippen MR) is 118 cm³/mol. The van der Waals surface area contributed by atoms with Gasteiger partial charge >= 0.3 is 5.69 Å². The standard InChI is InChI=1S/C20H29N7O4/c1-26(2)15(14-8-4-5-9-16(14)30-3)12-23-20-24-18(21)17(27(28)29)19(25-20)22-11-13-7-6-10-31-13/h4-5,8-9,13,15H,6-7,10-12H2,1-3H3,(H4,21,22,23,24,25). The van der Waals surface area contributed by atoms with Crippen molar-refractivity contribution in [1.82, 2.24) is 14.9 Å². The van der Waals surface area contributed by atoms with Crippen LogP contribution in [0, 0.1) is 10.1 Å². The predicted octanol–water partition coefficient (Wildman–Crippen LogP) is 2.28. The lowest BCUT2D eigenvalue weighted by atomic mass is 10.0. The number of nitrogens with two attached hydrogens (primary N) is 1. The van der Waals surface area contributed by atoms with Crippen molar-refractivity contribution in [3.8, 4) is 5.75 Å². The number of anilines is 3. The fourth-order valence-electron chi connectivity index (χ4n) is 3.57. The summed E-state index contributed by atoms with van der Waals surface area (Å²) in [5.41, 5.74) is 6.55. The third-order valence-electron chi connectivity index (χ3n) is 5.19. The van der Waals surface area contributed by atoms with Gasteiger partial charge in [0.25, 0.3) is 0 Å². The molecule has 1 aliphatic heterocycles. The number of aromatic nitrogens is 2. The fraction of sp³-hybridized carbons (Fsp3) is 0.500. The zero-order chi connectivity index (χ0) is 22.4. The van der Waals surface area contributed by atoms with Crippen LogP contribution in [0.15, 0.2) is 24.3 Å². The van der Waals surface area contributed by atoms with Gasteiger partial charge in [-0.15, -0.1) is 0 Å². The summed E-state index contributed by atoms with van der Waals surface area (Å²) in [6.45, 7) is 1.55. The molecule has 0 radical (unpaired) electrons. The van der Waals surface area contributed by atoms with Gasteiger partial charge in [0.1, 0.15) is 5.75 Å². The van der Waals surface area contributed by atoms with Gasteiger partial charge in [-0.1, -0.05) is 18.2 Å². The molecule has 11 heteroatoms. The Labute approximate surface area is 181 Å². The Morgan fingerprint density at radius 1 is 1.35 bits per heavy atom. The number of para-hydroxylation sites is 1. The molecule has 2 heterocycles. The lowest BCUT2D eigenvalue weighted by molar-refractivity contribution is -0.383. The summed E-state index contributed by atoms with van der Waals surface area (Å²) in [7, 11) is 5.54. The highest BCUT2D eigenvalue weighted by Crippen LogP contribution is 2.31. The van der Waals surface area contributed by atoms with E-state index in [0.29, 0.717) is 19.7 Å². The number of likely N-dealkylation sites (N-methyl/N-ethyl adjacent to an activating group) is 1. The van der Waals surface area contributed by atoms with E-state index in [-0.39, 0.29) is 35.4 Å². The summed E-state index contributed by atoms with van der Waals surface area (Å²) < 4.78 is 11.1. The van der Waals surface area contributed by atoms with Crippen LogP contribution in [0.1, 0.15) is 24.4 Å². The average molecular weight is 431 g/mol. The molecule has 1 aromatic carbocycles. The molecule has 0 amide bonds. The van der Waals surface area contributed by atoms with Crippen LogP contribution >= 0.6 is 0 Å². The Hall–Kier alpha value is -3.18. The minimum Gasteiger partial charge on any atom is -0.496 e. The van der Waals surface area contributed by atoms with E-state index in [1.165, 1.54) is 0 Å². The SMILES string of the molecule is COc1ccccc1C(CNc1nc(N)c([N+](=O)[O-])c(NCC2CCCO2)n1)N(C)C. The Bertz CT molecular complexity index is 903. The van der Waals surface area contributed by atoms with Crippen molar-refractivity contribution in [2.45, 2.75) is 25.0 Å². The largest absolute Gasteiger partial charge is 0.496 e. The Kier molecular flexibility index (Phi) is 7.42. The molecule has 1 aromatic heterocycles. The lowest BCUT2D eigenvalue weighted by Crippen LogP contribution is -2.28. The zero-order valence-electron chi connectivity index (χ0n) is 18.0. The molecule has 2 atom stereocenters. The van der Waals surface area contributed by atoms with Gasteiger partial charge in [-0.3, -0.25) is 10.1 Å². The van der Waals surface area contributed by atoms with Crippen LogP contribution in [0.25, 0.3) is 0 Å². The second-order valence-electron chi connectivity index (χ2n) is 7.50. The topological polar surface area (TPSA) is 141 Å². The van der Waals surface area contributed by atoms with Gasteiger partial charge in [0.15, 0.2) is 0 Å². The molecule has 4 N–H and O–H groups in total. The number of methoxy groups -OCH3 is 1. The minimum atomic E-state index is -0.575. The van der Waals surface area contributed by atoms with Crippen LogP contribution in [0.5, 0.6) is 5.75 Å². The van der Waals surface area contributed by atoms with Crippen LogP contribution in [0.2, 0.25) is 0 Å². The van der Waals surface area contributed by atoms with Crippen LogP contribution in [0.3, 0.4) is 0 Å². The molecule has 0 aliphatic carbocycles. The molecule has 1 aliphatic rings. The molecule has 0 saturated carbocycles. The molecule has 1 fully saturated rings. The van der Waals surface area contributed by atoms with Gasteiger partial charge in [-0.05, 0) is 33.0 Å². The Morgan fingerprint density at radius 2 is 2.13 bits per heavy atom. The number of hydrogen-bond acceptors (Lipinski definition) is 10. The first-order valence-electron chi connectivity index (χ1n) is 10.1. The average Bonchev–Trinajstić information content (AvgIpc) is 3.25. The molecular weight excluding hydrogens is 402 g/mol. The van der Waals surface area contributed by atoms with Crippen molar-refractivity contribution in [3.63, 3.8) is 0 Å². The highest BCUT2D eigenvalue weighted by molar-refractivity contribution is 5.69. The molecule has 3 rings (SSSR count). The van der Waals surface area contributed by atoms with E-state index < -0.39 is 4.92 Å². The number of benzene rings is 1. The monoisotopic (exact) mass is 431 g/mol. The Morgan fingerprint density at radius 3 is 2.77 bits per heavy atom. The van der Waals surface area contributed by atoms with E-state index in [0.717, 1.165) is 24.2 Å². The highest BCUT2D eigenvalue weighted by atomic mass is 16.6. The van der Waals surface area contributed by atoms with Crippen molar-refractivity contribution in [3.05, 3.63) is 39.9 Å². The van der Waals surface area contributed by atoms with Gasteiger partial charge in [0, 0.05) is 25.3 Å². The van der Waals surface area contributed by atoms with Crippen LogP contribution < -0.4 is 21.1 Å². The molecule has 168 valence electrons. The fourth-order valence-corrected chi connectivity index (χ4v) is 3.57. The van der Waals surface area contributed by atoms with Gasteiger partial charge in [0.2, 0.25) is 17.6 Å². The van der Waals surface area contributed by atoms with Crippen LogP contribution in [0.4, 0.5) is 23.3 Å². The summed E-state index contributed by atoms with van der Waals surface area (Å²) >= 11 is 0. The molecule has 2 aromatic rings. The first-order valence-corrected chi connectivity index (χ1v) is 10.1. The molecule has 31 heavy (non-hydrogen) atoms. The molecular formula is C20H29N7O4. The maximum Gasteiger partial charge on any atom is 0.353 e. The minimum absolute atomic E-state index is 0.00382. The summed E-state index contributed by atoms with van der Waals surface area (Å²) in [6.07, 6.45) is 1.87. The summed E-state index contributed by atoms with van der Waals surface area (Å²) in [5.74, 6) is 0.857. The lowest BCUT2D eigenvalue weighted by Gasteiger charge is -2.26. The van der Waals surface area contributed by atoms with E-state index >= 15 is 0 Å². The number of nitrogen functional groups attached to an aromatic ring is 1. The van der Waals surface area contributed by atoms with E-state index in [9.17, 15) is 10.1 Å². The maximum atomic E-state index is 11.5. The van der Waals surface area contributed by atoms with Crippen molar-refractivity contribution in [1.29, 1.82) is 0 Å². The van der Waals surface area contributed by atoms with E-state index in [4.69, 9.17) is 15.2 Å². The van der Waals surface area contributed by atoms with Crippen molar-refractivity contribution in [2.75, 3.05) is 57.3 Å². The second-order valence-corrected chi connectivity index (χ2v) is 7.50. The summed E-state index contributed by atoms with van der Waals surface area (Å²) in [6, 6.07) is 7.69. The summed E-state index contributed by atoms with van der Waals surface area (Å²) in [4.78, 5) is 21.4. The molecule has 0 bridgehead atoms. The van der Waals surface area contributed by atoms with Crippen molar-refractivity contribution >= 4 is 23.3 Å². The normalized spacial score (nSPS) is 16.8. The van der Waals surface area contributed by atoms with Gasteiger partial charge in [-0.2, -0.15) is 9.97 Å². The van der Waals surface area contributed by atoms with E-state index in [2.05, 4.69) is 20.6 Å². The number of ether oxygens (including phenoxy) is 2. The second kappa shape index (κ2) is 10.2. The van der Waals surface area contributed by atoms with Crippen molar-refractivity contribution < 1.29 is 14.4 Å². The smallest absolute Gasteiger partial charge is 0.353 e. The third-order valence-corrected chi connectivity index (χ3v) is 5.19.